The topological polar surface area (TPSA) is 24.9 Å². The van der Waals surface area contributed by atoms with E-state index in [2.05, 4.69) is 5.32 Å². The first-order valence-corrected chi connectivity index (χ1v) is 7.41. The van der Waals surface area contributed by atoms with Gasteiger partial charge >= 0.3 is 0 Å². The van der Waals surface area contributed by atoms with Crippen LogP contribution in [0.3, 0.4) is 0 Å². The molecule has 16 heavy (non-hydrogen) atoms. The molecule has 0 radical (unpaired) electrons. The Morgan fingerprint density at radius 1 is 1.25 bits per heavy atom. The van der Waals surface area contributed by atoms with E-state index in [1.165, 1.54) is 68.7 Å². The van der Waals surface area contributed by atoms with Crippen LogP contribution in [0.15, 0.2) is 0 Å². The maximum atomic E-state index is 4.84. The van der Waals surface area contributed by atoms with Crippen molar-refractivity contribution in [1.82, 2.24) is 10.3 Å². The summed E-state index contributed by atoms with van der Waals surface area (Å²) in [4.78, 5) is 6.42. The van der Waals surface area contributed by atoms with Crippen LogP contribution >= 0.6 is 11.3 Å². The standard InChI is InChI=1S/C13H20N2S/c1-2-6-12-11(5-1)15-13(16-12)8-10-4-3-7-14-9-10/h10,14H,1-9H2. The molecule has 1 unspecified atom stereocenters. The van der Waals surface area contributed by atoms with Crippen LogP contribution < -0.4 is 5.32 Å². The summed E-state index contributed by atoms with van der Waals surface area (Å²) >= 11 is 1.99. The summed E-state index contributed by atoms with van der Waals surface area (Å²) in [5, 5.41) is 4.90. The van der Waals surface area contributed by atoms with Gasteiger partial charge in [0.2, 0.25) is 0 Å². The van der Waals surface area contributed by atoms with Gasteiger partial charge in [-0.05, 0) is 57.5 Å². The SMILES string of the molecule is C1CCc2sc(CC3CCCNC3)nc2C1. The van der Waals surface area contributed by atoms with Crippen LogP contribution in [0.2, 0.25) is 0 Å². The Bertz CT molecular complexity index is 329. The normalized spacial score (nSPS) is 25.4. The van der Waals surface area contributed by atoms with E-state index in [4.69, 9.17) is 4.98 Å². The van der Waals surface area contributed by atoms with Crippen molar-refractivity contribution in [3.8, 4) is 0 Å². The van der Waals surface area contributed by atoms with E-state index in [9.17, 15) is 0 Å². The molecular weight excluding hydrogens is 216 g/mol. The highest BCUT2D eigenvalue weighted by Crippen LogP contribution is 2.28. The number of nitrogens with zero attached hydrogens (tertiary/aromatic N) is 1. The van der Waals surface area contributed by atoms with Gasteiger partial charge in [0.25, 0.3) is 0 Å². The zero-order valence-corrected chi connectivity index (χ0v) is 10.6. The number of nitrogens with one attached hydrogen (secondary N) is 1. The van der Waals surface area contributed by atoms with Crippen LogP contribution in [0.25, 0.3) is 0 Å². The van der Waals surface area contributed by atoms with E-state index in [0.29, 0.717) is 0 Å². The van der Waals surface area contributed by atoms with Gasteiger partial charge in [-0.1, -0.05) is 0 Å². The molecule has 1 aromatic heterocycles. The summed E-state index contributed by atoms with van der Waals surface area (Å²) in [5.41, 5.74) is 1.43. The van der Waals surface area contributed by atoms with E-state index < -0.39 is 0 Å². The number of hydrogen-bond acceptors (Lipinski definition) is 3. The molecule has 3 rings (SSSR count). The third-order valence-corrected chi connectivity index (χ3v) is 4.93. The predicted octanol–water partition coefficient (Wildman–Crippen LogP) is 2.56. The van der Waals surface area contributed by atoms with Crippen molar-refractivity contribution >= 4 is 11.3 Å². The number of rotatable bonds is 2. The van der Waals surface area contributed by atoms with E-state index in [-0.39, 0.29) is 0 Å². The van der Waals surface area contributed by atoms with Gasteiger partial charge in [0.15, 0.2) is 0 Å². The van der Waals surface area contributed by atoms with Gasteiger partial charge in [-0.3, -0.25) is 0 Å². The molecule has 1 aliphatic carbocycles. The van der Waals surface area contributed by atoms with E-state index in [1.807, 2.05) is 11.3 Å². The minimum Gasteiger partial charge on any atom is -0.316 e. The molecule has 1 aliphatic heterocycles. The molecule has 0 aromatic carbocycles. The van der Waals surface area contributed by atoms with Crippen molar-refractivity contribution in [3.05, 3.63) is 15.6 Å². The van der Waals surface area contributed by atoms with Crippen LogP contribution in [0.5, 0.6) is 0 Å². The Balaban J connectivity index is 1.67. The summed E-state index contributed by atoms with van der Waals surface area (Å²) in [6.45, 7) is 2.41. The number of hydrogen-bond donors (Lipinski definition) is 1. The lowest BCUT2D eigenvalue weighted by atomic mass is 9.96. The van der Waals surface area contributed by atoms with Gasteiger partial charge in [0.05, 0.1) is 10.7 Å². The summed E-state index contributed by atoms with van der Waals surface area (Å²) in [5.74, 6) is 0.835. The Labute approximate surface area is 101 Å². The van der Waals surface area contributed by atoms with Crippen LogP contribution in [0.4, 0.5) is 0 Å². The summed E-state index contributed by atoms with van der Waals surface area (Å²) < 4.78 is 0. The molecule has 2 nitrogen and oxygen atoms in total. The second-order valence-corrected chi connectivity index (χ2v) is 6.27. The van der Waals surface area contributed by atoms with Crippen molar-refractivity contribution in [2.45, 2.75) is 44.9 Å². The van der Waals surface area contributed by atoms with Crippen molar-refractivity contribution in [3.63, 3.8) is 0 Å². The second-order valence-electron chi connectivity index (χ2n) is 5.10. The van der Waals surface area contributed by atoms with Gasteiger partial charge < -0.3 is 5.32 Å². The highest BCUT2D eigenvalue weighted by molar-refractivity contribution is 7.11. The zero-order chi connectivity index (χ0) is 10.8. The fourth-order valence-corrected chi connectivity index (χ4v) is 4.11. The van der Waals surface area contributed by atoms with E-state index in [0.717, 1.165) is 5.92 Å². The fraction of sp³-hybridized carbons (Fsp3) is 0.769. The third-order valence-electron chi connectivity index (χ3n) is 3.75. The summed E-state index contributed by atoms with van der Waals surface area (Å²) in [6, 6.07) is 0. The third kappa shape index (κ3) is 2.30. The lowest BCUT2D eigenvalue weighted by Crippen LogP contribution is -2.30. The lowest BCUT2D eigenvalue weighted by molar-refractivity contribution is 0.375. The molecule has 1 N–H and O–H groups in total. The monoisotopic (exact) mass is 236 g/mol. The van der Waals surface area contributed by atoms with Gasteiger partial charge in [-0.2, -0.15) is 0 Å². The second kappa shape index (κ2) is 4.84. The number of piperidine rings is 1. The molecule has 0 bridgehead atoms. The molecule has 0 amide bonds. The van der Waals surface area contributed by atoms with Crippen molar-refractivity contribution in [2.24, 2.45) is 5.92 Å². The Hall–Kier alpha value is -0.410. The molecule has 88 valence electrons. The number of aromatic nitrogens is 1. The molecule has 2 heterocycles. The number of thiazole rings is 1. The highest BCUT2D eigenvalue weighted by atomic mass is 32.1. The first-order valence-electron chi connectivity index (χ1n) is 6.60. The molecule has 1 fully saturated rings. The Kier molecular flexibility index (Phi) is 3.25. The van der Waals surface area contributed by atoms with Gasteiger partial charge in [0, 0.05) is 11.3 Å². The van der Waals surface area contributed by atoms with Crippen LogP contribution in [-0.4, -0.2) is 18.1 Å². The molecule has 2 aliphatic rings. The zero-order valence-electron chi connectivity index (χ0n) is 9.80. The van der Waals surface area contributed by atoms with Crippen molar-refractivity contribution in [1.29, 1.82) is 0 Å². The predicted molar refractivity (Wildman–Crippen MR) is 68.1 cm³/mol. The molecule has 1 aromatic rings. The molecule has 1 atom stereocenters. The highest BCUT2D eigenvalue weighted by Gasteiger charge is 2.19. The minimum atomic E-state index is 0.835. The maximum Gasteiger partial charge on any atom is 0.0934 e. The van der Waals surface area contributed by atoms with Gasteiger partial charge in [-0.25, -0.2) is 4.98 Å². The largest absolute Gasteiger partial charge is 0.316 e. The first-order chi connectivity index (χ1) is 7.92. The van der Waals surface area contributed by atoms with E-state index >= 15 is 0 Å². The average Bonchev–Trinajstić information content (AvgIpc) is 2.72. The van der Waals surface area contributed by atoms with Crippen LogP contribution in [0.1, 0.15) is 41.3 Å². The quantitative estimate of drug-likeness (QED) is 0.853. The van der Waals surface area contributed by atoms with Gasteiger partial charge in [-0.15, -0.1) is 11.3 Å². The maximum absolute atomic E-state index is 4.84. The van der Waals surface area contributed by atoms with Crippen LogP contribution in [-0.2, 0) is 19.3 Å². The smallest absolute Gasteiger partial charge is 0.0934 e. The van der Waals surface area contributed by atoms with E-state index in [1.54, 1.807) is 4.88 Å². The van der Waals surface area contributed by atoms with Crippen LogP contribution in [0, 0.1) is 5.92 Å². The van der Waals surface area contributed by atoms with Gasteiger partial charge in [0.1, 0.15) is 0 Å². The molecule has 0 spiro atoms. The van der Waals surface area contributed by atoms with Crippen molar-refractivity contribution in [2.75, 3.05) is 13.1 Å². The Morgan fingerprint density at radius 2 is 2.19 bits per heavy atom. The summed E-state index contributed by atoms with van der Waals surface area (Å²) in [7, 11) is 0. The Morgan fingerprint density at radius 3 is 3.00 bits per heavy atom. The lowest BCUT2D eigenvalue weighted by Gasteiger charge is -2.21. The number of aryl methyl sites for hydroxylation is 2. The fourth-order valence-electron chi connectivity index (χ4n) is 2.84. The molecular formula is C13H20N2S. The summed E-state index contributed by atoms with van der Waals surface area (Å²) in [6.07, 6.45) is 9.18. The molecule has 1 saturated heterocycles. The average molecular weight is 236 g/mol. The molecule has 3 heteroatoms. The first kappa shape index (κ1) is 10.7. The molecule has 0 saturated carbocycles. The van der Waals surface area contributed by atoms with Crippen molar-refractivity contribution < 1.29 is 0 Å². The number of fused-ring (bicyclic) bond motifs is 1. The minimum absolute atomic E-state index is 0.835.